The van der Waals surface area contributed by atoms with Crippen molar-refractivity contribution in [3.63, 3.8) is 0 Å². The number of nitrogens with one attached hydrogen (secondary N) is 3. The normalized spacial score (nSPS) is 15.2. The highest BCUT2D eigenvalue weighted by Gasteiger charge is 2.23. The molecule has 1 heterocycles. The number of piperidine rings is 1. The quantitative estimate of drug-likeness (QED) is 0.299. The summed E-state index contributed by atoms with van der Waals surface area (Å²) in [5.74, 6) is 0.0798. The second kappa shape index (κ2) is 16.1. The molecule has 0 radical (unpaired) electrons. The van der Waals surface area contributed by atoms with Crippen LogP contribution >= 0.6 is 0 Å². The van der Waals surface area contributed by atoms with Crippen LogP contribution in [-0.2, 0) is 23.9 Å². The third-order valence-electron chi connectivity index (χ3n) is 5.65. The van der Waals surface area contributed by atoms with Crippen LogP contribution in [0.4, 0.5) is 0 Å². The van der Waals surface area contributed by atoms with E-state index in [1.165, 1.54) is 0 Å². The zero-order valence-electron chi connectivity index (χ0n) is 23.0. The highest BCUT2D eigenvalue weighted by Crippen LogP contribution is 2.22. The lowest BCUT2D eigenvalue weighted by Gasteiger charge is -2.33. The van der Waals surface area contributed by atoms with Crippen LogP contribution in [0.15, 0.2) is 0 Å². The Balaban J connectivity index is 1.93. The van der Waals surface area contributed by atoms with Crippen LogP contribution in [0, 0.1) is 5.41 Å². The number of likely N-dealkylation sites (tertiary alicyclic amines) is 1. The van der Waals surface area contributed by atoms with Crippen molar-refractivity contribution in [1.29, 1.82) is 0 Å². The molecule has 0 spiro atoms. The van der Waals surface area contributed by atoms with Gasteiger partial charge in [0.1, 0.15) is 0 Å². The number of carbonyl (C=O) groups is 3. The van der Waals surface area contributed by atoms with E-state index < -0.39 is 0 Å². The predicted octanol–water partition coefficient (Wildman–Crippen LogP) is 2.24. The van der Waals surface area contributed by atoms with Crippen molar-refractivity contribution in [3.8, 4) is 0 Å². The Morgan fingerprint density at radius 1 is 0.800 bits per heavy atom. The van der Waals surface area contributed by atoms with Crippen molar-refractivity contribution >= 4 is 17.7 Å². The number of carbonyl (C=O) groups excluding carboxylic acids is 3. The Morgan fingerprint density at radius 2 is 1.43 bits per heavy atom. The van der Waals surface area contributed by atoms with Gasteiger partial charge in [-0.3, -0.25) is 14.4 Å². The van der Waals surface area contributed by atoms with Gasteiger partial charge in [-0.05, 0) is 45.4 Å². The van der Waals surface area contributed by atoms with E-state index in [0.717, 1.165) is 38.9 Å². The average molecular weight is 499 g/mol. The van der Waals surface area contributed by atoms with E-state index in [9.17, 15) is 14.4 Å². The van der Waals surface area contributed by atoms with E-state index in [2.05, 4.69) is 36.7 Å². The topological polar surface area (TPSA) is 109 Å². The van der Waals surface area contributed by atoms with Gasteiger partial charge in [0.05, 0.1) is 26.4 Å². The van der Waals surface area contributed by atoms with Crippen molar-refractivity contribution in [3.05, 3.63) is 0 Å². The molecule has 3 N–H and O–H groups in total. The minimum absolute atomic E-state index is 0.0761. The third-order valence-corrected chi connectivity index (χ3v) is 5.65. The van der Waals surface area contributed by atoms with Crippen LogP contribution in [-0.4, -0.2) is 86.8 Å². The van der Waals surface area contributed by atoms with Crippen molar-refractivity contribution in [2.75, 3.05) is 52.6 Å². The van der Waals surface area contributed by atoms with Crippen molar-refractivity contribution in [2.45, 2.75) is 91.6 Å². The number of hydrogen-bond donors (Lipinski definition) is 3. The molecule has 9 nitrogen and oxygen atoms in total. The number of amides is 3. The molecule has 3 amide bonds. The number of rotatable bonds is 15. The number of ether oxygens (including phenoxy) is 2. The van der Waals surface area contributed by atoms with Gasteiger partial charge in [-0.15, -0.1) is 0 Å². The first-order valence-corrected chi connectivity index (χ1v) is 13.1. The van der Waals surface area contributed by atoms with Gasteiger partial charge in [-0.1, -0.05) is 20.8 Å². The molecule has 0 aromatic rings. The van der Waals surface area contributed by atoms with Crippen molar-refractivity contribution in [1.82, 2.24) is 20.9 Å². The molecule has 1 fully saturated rings. The molecule has 0 atom stereocenters. The van der Waals surface area contributed by atoms with Gasteiger partial charge in [0.25, 0.3) is 0 Å². The van der Waals surface area contributed by atoms with Gasteiger partial charge in [0, 0.05) is 57.0 Å². The third kappa shape index (κ3) is 17.4. The van der Waals surface area contributed by atoms with Gasteiger partial charge in [-0.25, -0.2) is 0 Å². The smallest absolute Gasteiger partial charge is 0.222 e. The van der Waals surface area contributed by atoms with Gasteiger partial charge in [0.15, 0.2) is 0 Å². The van der Waals surface area contributed by atoms with Gasteiger partial charge >= 0.3 is 0 Å². The van der Waals surface area contributed by atoms with Crippen LogP contribution in [0.1, 0.15) is 80.1 Å². The molecule has 35 heavy (non-hydrogen) atoms. The summed E-state index contributed by atoms with van der Waals surface area (Å²) in [7, 11) is 0. The first-order chi connectivity index (χ1) is 16.4. The Morgan fingerprint density at radius 3 is 2.03 bits per heavy atom. The maximum Gasteiger partial charge on any atom is 0.222 e. The Labute approximate surface area is 212 Å². The molecule has 0 bridgehead atoms. The van der Waals surface area contributed by atoms with E-state index in [1.807, 2.05) is 25.7 Å². The van der Waals surface area contributed by atoms with Crippen molar-refractivity contribution < 1.29 is 23.9 Å². The van der Waals surface area contributed by atoms with Gasteiger partial charge in [0.2, 0.25) is 17.7 Å². The summed E-state index contributed by atoms with van der Waals surface area (Å²) >= 11 is 0. The second-order valence-electron chi connectivity index (χ2n) is 11.5. The highest BCUT2D eigenvalue weighted by molar-refractivity contribution is 5.79. The number of nitrogens with zero attached hydrogens (tertiary/aromatic N) is 1. The molecule has 1 saturated heterocycles. The van der Waals surface area contributed by atoms with E-state index in [1.54, 1.807) is 0 Å². The minimum Gasteiger partial charge on any atom is -0.379 e. The summed E-state index contributed by atoms with van der Waals surface area (Å²) in [6, 6.07) is 0.430. The molecule has 0 saturated carbocycles. The molecule has 1 aliphatic rings. The molecular weight excluding hydrogens is 448 g/mol. The molecular formula is C26H50N4O5. The fourth-order valence-electron chi connectivity index (χ4n) is 3.68. The predicted molar refractivity (Wildman–Crippen MR) is 138 cm³/mol. The molecule has 204 valence electrons. The Hall–Kier alpha value is -1.71. The van der Waals surface area contributed by atoms with Crippen LogP contribution in [0.5, 0.6) is 0 Å². The first kappa shape index (κ1) is 31.3. The van der Waals surface area contributed by atoms with Crippen LogP contribution in [0.25, 0.3) is 0 Å². The summed E-state index contributed by atoms with van der Waals surface area (Å²) in [6.45, 7) is 16.9. The zero-order valence-corrected chi connectivity index (χ0v) is 23.0. The summed E-state index contributed by atoms with van der Waals surface area (Å²) in [5, 5.41) is 9.10. The number of hydrogen-bond acceptors (Lipinski definition) is 6. The summed E-state index contributed by atoms with van der Waals surface area (Å²) < 4.78 is 11.0. The SMILES string of the molecule is CC(C)(C)CCC(=O)N1CCC(NCCOCCOCCC(=O)NCCC(=O)NC(C)(C)C)CC1. The first-order valence-electron chi connectivity index (χ1n) is 13.1. The molecule has 0 unspecified atom stereocenters. The van der Waals surface area contributed by atoms with Gasteiger partial charge < -0.3 is 30.3 Å². The monoisotopic (exact) mass is 498 g/mol. The van der Waals surface area contributed by atoms with Crippen molar-refractivity contribution in [2.24, 2.45) is 5.41 Å². The van der Waals surface area contributed by atoms with Crippen LogP contribution < -0.4 is 16.0 Å². The van der Waals surface area contributed by atoms with E-state index in [-0.39, 0.29) is 41.5 Å². The highest BCUT2D eigenvalue weighted by atomic mass is 16.5. The molecule has 0 aromatic heterocycles. The van der Waals surface area contributed by atoms with E-state index >= 15 is 0 Å². The maximum atomic E-state index is 12.3. The second-order valence-corrected chi connectivity index (χ2v) is 11.5. The summed E-state index contributed by atoms with van der Waals surface area (Å²) in [6.07, 6.45) is 4.05. The average Bonchev–Trinajstić information content (AvgIpc) is 2.75. The van der Waals surface area contributed by atoms with Crippen LogP contribution in [0.2, 0.25) is 0 Å². The molecule has 0 aliphatic carbocycles. The van der Waals surface area contributed by atoms with Gasteiger partial charge in [-0.2, -0.15) is 0 Å². The molecule has 1 rings (SSSR count). The summed E-state index contributed by atoms with van der Waals surface area (Å²) in [5.41, 5.74) is -0.0697. The Bertz CT molecular complexity index is 635. The molecule has 9 heteroatoms. The molecule has 0 aromatic carbocycles. The fraction of sp³-hybridized carbons (Fsp3) is 0.885. The largest absolute Gasteiger partial charge is 0.379 e. The molecule has 1 aliphatic heterocycles. The lowest BCUT2D eigenvalue weighted by atomic mass is 9.90. The standard InChI is InChI=1S/C26H50N4O5/c1-25(2,3)12-7-24(33)30-15-9-21(10-16-30)27-14-18-35-20-19-34-17-11-22(31)28-13-8-23(32)29-26(4,5)6/h21,27H,7-20H2,1-6H3,(H,28,31)(H,29,32). The van der Waals surface area contributed by atoms with Crippen LogP contribution in [0.3, 0.4) is 0 Å². The Kier molecular flexibility index (Phi) is 14.4. The van der Waals surface area contributed by atoms with E-state index in [0.29, 0.717) is 45.4 Å². The zero-order chi connectivity index (χ0) is 26.3. The maximum absolute atomic E-state index is 12.3. The summed E-state index contributed by atoms with van der Waals surface area (Å²) in [4.78, 5) is 37.8. The van der Waals surface area contributed by atoms with E-state index in [4.69, 9.17) is 9.47 Å². The fourth-order valence-corrected chi connectivity index (χ4v) is 3.68. The minimum atomic E-state index is -0.266. The lowest BCUT2D eigenvalue weighted by Crippen LogP contribution is -2.45. The lowest BCUT2D eigenvalue weighted by molar-refractivity contribution is -0.133.